The molecule has 2 aromatic carbocycles. The monoisotopic (exact) mass is 259 g/mol. The van der Waals surface area contributed by atoms with Crippen molar-refractivity contribution in [2.24, 2.45) is 0 Å². The minimum Gasteiger partial charge on any atom is -0.507 e. The average Bonchev–Trinajstić information content (AvgIpc) is 2.71. The number of fused-ring (bicyclic) bond motifs is 1. The van der Waals surface area contributed by atoms with Crippen LogP contribution in [0.5, 0.6) is 5.75 Å². The van der Waals surface area contributed by atoms with Crippen LogP contribution in [0.4, 0.5) is 4.39 Å². The lowest BCUT2D eigenvalue weighted by Crippen LogP contribution is -1.83. The lowest BCUT2D eigenvalue weighted by atomic mass is 10.2. The summed E-state index contributed by atoms with van der Waals surface area (Å²) in [7, 11) is 0. The molecule has 1 heterocycles. The summed E-state index contributed by atoms with van der Waals surface area (Å²) < 4.78 is 14.7. The number of aryl methyl sites for hydroxylation is 1. The fourth-order valence-electron chi connectivity index (χ4n) is 1.86. The van der Waals surface area contributed by atoms with Crippen LogP contribution in [-0.4, -0.2) is 10.1 Å². The number of hydrogen-bond donors (Lipinski definition) is 1. The van der Waals surface area contributed by atoms with Gasteiger partial charge in [0.15, 0.2) is 0 Å². The quantitative estimate of drug-likeness (QED) is 0.713. The van der Waals surface area contributed by atoms with Gasteiger partial charge in [-0.1, -0.05) is 12.1 Å². The first-order valence-electron chi connectivity index (χ1n) is 5.50. The van der Waals surface area contributed by atoms with Gasteiger partial charge in [-0.25, -0.2) is 9.37 Å². The van der Waals surface area contributed by atoms with Gasteiger partial charge in [-0.2, -0.15) is 0 Å². The van der Waals surface area contributed by atoms with Gasteiger partial charge in [-0.3, -0.25) is 0 Å². The highest BCUT2D eigenvalue weighted by molar-refractivity contribution is 7.21. The molecule has 0 aliphatic heterocycles. The van der Waals surface area contributed by atoms with Crippen LogP contribution in [0.2, 0.25) is 0 Å². The van der Waals surface area contributed by atoms with E-state index >= 15 is 0 Å². The second-order valence-corrected chi connectivity index (χ2v) is 5.15. The van der Waals surface area contributed by atoms with Crippen molar-refractivity contribution in [2.45, 2.75) is 6.92 Å². The zero-order chi connectivity index (χ0) is 12.7. The summed E-state index contributed by atoms with van der Waals surface area (Å²) in [4.78, 5) is 4.36. The molecule has 3 rings (SSSR count). The summed E-state index contributed by atoms with van der Waals surface area (Å²) in [5.74, 6) is -0.531. The zero-order valence-corrected chi connectivity index (χ0v) is 10.5. The number of phenols is 1. The maximum Gasteiger partial charge on any atom is 0.137 e. The number of aromatic hydroxyl groups is 1. The topological polar surface area (TPSA) is 33.1 Å². The van der Waals surface area contributed by atoms with E-state index in [1.165, 1.54) is 29.5 Å². The third kappa shape index (κ3) is 1.75. The highest BCUT2D eigenvalue weighted by Gasteiger charge is 2.14. The van der Waals surface area contributed by atoms with Crippen molar-refractivity contribution in [3.05, 3.63) is 47.8 Å². The van der Waals surface area contributed by atoms with Crippen molar-refractivity contribution in [1.29, 1.82) is 0 Å². The molecule has 4 heteroatoms. The number of rotatable bonds is 1. The minimum absolute atomic E-state index is 0.0780. The predicted octanol–water partition coefficient (Wildman–Crippen LogP) is 4.12. The van der Waals surface area contributed by atoms with Crippen LogP contribution in [-0.2, 0) is 0 Å². The van der Waals surface area contributed by atoms with E-state index in [0.717, 1.165) is 15.8 Å². The lowest BCUT2D eigenvalue weighted by molar-refractivity contribution is 0.472. The highest BCUT2D eigenvalue weighted by Crippen LogP contribution is 2.36. The molecule has 0 amide bonds. The Morgan fingerprint density at radius 3 is 2.83 bits per heavy atom. The van der Waals surface area contributed by atoms with Crippen molar-refractivity contribution in [3.63, 3.8) is 0 Å². The van der Waals surface area contributed by atoms with Crippen LogP contribution in [0.25, 0.3) is 20.8 Å². The Morgan fingerprint density at radius 1 is 1.22 bits per heavy atom. The molecule has 0 saturated heterocycles. The SMILES string of the molecule is Cc1ccc2nc(-c3c(O)cccc3F)sc2c1. The zero-order valence-electron chi connectivity index (χ0n) is 9.64. The third-order valence-electron chi connectivity index (χ3n) is 2.75. The van der Waals surface area contributed by atoms with E-state index in [9.17, 15) is 9.50 Å². The van der Waals surface area contributed by atoms with Gasteiger partial charge in [0.2, 0.25) is 0 Å². The van der Waals surface area contributed by atoms with Gasteiger partial charge >= 0.3 is 0 Å². The van der Waals surface area contributed by atoms with Crippen LogP contribution in [0, 0.1) is 12.7 Å². The molecule has 0 aliphatic rings. The van der Waals surface area contributed by atoms with Gasteiger partial charge in [0, 0.05) is 0 Å². The van der Waals surface area contributed by atoms with Crippen LogP contribution < -0.4 is 0 Å². The molecule has 0 radical (unpaired) electrons. The molecule has 0 fully saturated rings. The van der Waals surface area contributed by atoms with E-state index in [4.69, 9.17) is 0 Å². The molecule has 0 atom stereocenters. The van der Waals surface area contributed by atoms with E-state index in [1.54, 1.807) is 0 Å². The van der Waals surface area contributed by atoms with Gasteiger partial charge in [-0.05, 0) is 36.8 Å². The van der Waals surface area contributed by atoms with Gasteiger partial charge in [0.05, 0.1) is 15.8 Å². The minimum atomic E-state index is -0.453. The summed E-state index contributed by atoms with van der Waals surface area (Å²) in [6, 6.07) is 10.2. The Morgan fingerprint density at radius 2 is 2.06 bits per heavy atom. The maximum atomic E-state index is 13.8. The summed E-state index contributed by atoms with van der Waals surface area (Å²) in [5.41, 5.74) is 2.13. The molecule has 0 unspecified atom stereocenters. The largest absolute Gasteiger partial charge is 0.507 e. The Bertz CT molecular complexity index is 715. The number of thiazole rings is 1. The van der Waals surface area contributed by atoms with Gasteiger partial charge in [0.25, 0.3) is 0 Å². The molecular weight excluding hydrogens is 249 g/mol. The summed E-state index contributed by atoms with van der Waals surface area (Å²) >= 11 is 1.38. The van der Waals surface area contributed by atoms with Crippen LogP contribution in [0.15, 0.2) is 36.4 Å². The molecule has 18 heavy (non-hydrogen) atoms. The Labute approximate surface area is 107 Å². The molecule has 1 N–H and O–H groups in total. The first-order chi connectivity index (χ1) is 8.65. The van der Waals surface area contributed by atoms with Gasteiger partial charge < -0.3 is 5.11 Å². The smallest absolute Gasteiger partial charge is 0.137 e. The highest BCUT2D eigenvalue weighted by atomic mass is 32.1. The second-order valence-electron chi connectivity index (χ2n) is 4.12. The number of nitrogens with zero attached hydrogens (tertiary/aromatic N) is 1. The molecule has 1 aromatic heterocycles. The van der Waals surface area contributed by atoms with Crippen molar-refractivity contribution >= 4 is 21.6 Å². The first-order valence-corrected chi connectivity index (χ1v) is 6.32. The Hall–Kier alpha value is -1.94. The van der Waals surface area contributed by atoms with E-state index in [2.05, 4.69) is 4.98 Å². The normalized spacial score (nSPS) is 11.0. The summed E-state index contributed by atoms with van der Waals surface area (Å²) in [5, 5.41) is 10.3. The Balaban J connectivity index is 2.26. The molecule has 3 aromatic rings. The third-order valence-corrected chi connectivity index (χ3v) is 3.79. The molecule has 0 saturated carbocycles. The Kier molecular flexibility index (Phi) is 2.52. The number of halogens is 1. The summed E-state index contributed by atoms with van der Waals surface area (Å²) in [6.07, 6.45) is 0. The van der Waals surface area contributed by atoms with Crippen molar-refractivity contribution < 1.29 is 9.50 Å². The molecule has 90 valence electrons. The standard InChI is InChI=1S/C14H10FNOS/c1-8-5-6-10-12(7-8)18-14(16-10)13-9(15)3-2-4-11(13)17/h2-7,17H,1H3. The summed E-state index contributed by atoms with van der Waals surface area (Å²) in [6.45, 7) is 2.00. The molecule has 0 aliphatic carbocycles. The number of phenolic OH excluding ortho intramolecular Hbond substituents is 1. The van der Waals surface area contributed by atoms with E-state index in [1.807, 2.05) is 25.1 Å². The maximum absolute atomic E-state index is 13.8. The molecule has 2 nitrogen and oxygen atoms in total. The van der Waals surface area contributed by atoms with E-state index in [-0.39, 0.29) is 11.3 Å². The fraction of sp³-hybridized carbons (Fsp3) is 0.0714. The van der Waals surface area contributed by atoms with Crippen LogP contribution >= 0.6 is 11.3 Å². The number of aromatic nitrogens is 1. The number of hydrogen-bond acceptors (Lipinski definition) is 3. The average molecular weight is 259 g/mol. The number of benzene rings is 2. The van der Waals surface area contributed by atoms with Crippen molar-refractivity contribution in [1.82, 2.24) is 4.98 Å². The second kappa shape index (κ2) is 4.07. The lowest BCUT2D eigenvalue weighted by Gasteiger charge is -2.01. The molecular formula is C14H10FNOS. The first kappa shape index (κ1) is 11.2. The predicted molar refractivity (Wildman–Crippen MR) is 71.4 cm³/mol. The fourth-order valence-corrected chi connectivity index (χ4v) is 2.98. The van der Waals surface area contributed by atoms with E-state index < -0.39 is 5.82 Å². The van der Waals surface area contributed by atoms with Gasteiger partial charge in [0.1, 0.15) is 16.6 Å². The van der Waals surface area contributed by atoms with Crippen molar-refractivity contribution in [2.75, 3.05) is 0 Å². The van der Waals surface area contributed by atoms with Crippen LogP contribution in [0.3, 0.4) is 0 Å². The van der Waals surface area contributed by atoms with E-state index in [0.29, 0.717) is 5.01 Å². The van der Waals surface area contributed by atoms with Crippen LogP contribution in [0.1, 0.15) is 5.56 Å². The molecule has 0 bridgehead atoms. The molecule has 0 spiro atoms. The van der Waals surface area contributed by atoms with Gasteiger partial charge in [-0.15, -0.1) is 11.3 Å². The van der Waals surface area contributed by atoms with Crippen molar-refractivity contribution in [3.8, 4) is 16.3 Å².